The minimum Gasteiger partial charge on any atom is -0.298 e. The fraction of sp³-hybridized carbons (Fsp3) is 0.154. The number of alkyl halides is 1. The first-order chi connectivity index (χ1) is 7.79. The predicted octanol–water partition coefficient (Wildman–Crippen LogP) is 3.77. The Kier molecular flexibility index (Phi) is 3.75. The minimum atomic E-state index is 0.0723. The second-order valence-electron chi connectivity index (χ2n) is 3.52. The number of halogens is 1. The molecule has 2 aromatic rings. The van der Waals surface area contributed by atoms with E-state index in [1.165, 1.54) is 11.1 Å². The van der Waals surface area contributed by atoms with Crippen molar-refractivity contribution in [2.75, 3.05) is 5.88 Å². The summed E-state index contributed by atoms with van der Waals surface area (Å²) in [7, 11) is 0. The molecule has 1 nitrogen and oxygen atoms in total. The van der Waals surface area contributed by atoms with Gasteiger partial charge in [0.2, 0.25) is 0 Å². The van der Waals surface area contributed by atoms with E-state index in [2.05, 4.69) is 23.6 Å². The molecule has 0 spiro atoms. The van der Waals surface area contributed by atoms with Gasteiger partial charge in [-0.2, -0.15) is 0 Å². The van der Waals surface area contributed by atoms with Crippen LogP contribution in [0, 0.1) is 0 Å². The van der Waals surface area contributed by atoms with Gasteiger partial charge in [-0.3, -0.25) is 4.79 Å². The number of carbonyl (C=O) groups excluding carboxylic acids is 1. The van der Waals surface area contributed by atoms with Gasteiger partial charge in [0.15, 0.2) is 5.78 Å². The summed E-state index contributed by atoms with van der Waals surface area (Å²) in [5.74, 6) is 0.168. The van der Waals surface area contributed by atoms with Gasteiger partial charge in [0.1, 0.15) is 0 Å². The average molecular weight is 251 g/mol. The first kappa shape index (κ1) is 11.4. The molecule has 2 rings (SSSR count). The number of ketones is 1. The Morgan fingerprint density at radius 2 is 1.94 bits per heavy atom. The number of Topliss-reactive ketones (excluding diaryl/α,β-unsaturated/α-hetero) is 1. The zero-order valence-corrected chi connectivity index (χ0v) is 10.2. The first-order valence-corrected chi connectivity index (χ1v) is 6.41. The van der Waals surface area contributed by atoms with Crippen LogP contribution in [0.5, 0.6) is 0 Å². The monoisotopic (exact) mass is 250 g/mol. The lowest BCUT2D eigenvalue weighted by Crippen LogP contribution is -2.01. The molecular weight excluding hydrogens is 240 g/mol. The van der Waals surface area contributed by atoms with E-state index < -0.39 is 0 Å². The van der Waals surface area contributed by atoms with Crippen molar-refractivity contribution in [3.63, 3.8) is 0 Å². The van der Waals surface area contributed by atoms with Crippen LogP contribution in [0.15, 0.2) is 41.8 Å². The summed E-state index contributed by atoms with van der Waals surface area (Å²) in [6.07, 6.45) is 0.445. The molecule has 16 heavy (non-hydrogen) atoms. The molecule has 1 aromatic carbocycles. The molecule has 0 unspecified atom stereocenters. The molecule has 0 aliphatic rings. The summed E-state index contributed by atoms with van der Waals surface area (Å²) in [6.45, 7) is 0. The summed E-state index contributed by atoms with van der Waals surface area (Å²) < 4.78 is 0. The van der Waals surface area contributed by atoms with Crippen LogP contribution in [0.2, 0.25) is 0 Å². The number of hydrogen-bond donors (Lipinski definition) is 0. The Balaban J connectivity index is 2.17. The van der Waals surface area contributed by atoms with Crippen molar-refractivity contribution in [1.29, 1.82) is 0 Å². The molecule has 0 aliphatic heterocycles. The van der Waals surface area contributed by atoms with E-state index in [1.807, 2.05) is 18.2 Å². The average Bonchev–Trinajstić information content (AvgIpc) is 2.78. The molecule has 0 saturated heterocycles. The number of hydrogen-bond acceptors (Lipinski definition) is 2. The van der Waals surface area contributed by atoms with E-state index in [9.17, 15) is 4.79 Å². The SMILES string of the molecule is O=C(CCl)Cc1cc(-c2ccccc2)cs1. The van der Waals surface area contributed by atoms with Crippen molar-refractivity contribution >= 4 is 28.7 Å². The van der Waals surface area contributed by atoms with Crippen molar-refractivity contribution in [2.24, 2.45) is 0 Å². The van der Waals surface area contributed by atoms with Crippen molar-refractivity contribution in [3.8, 4) is 11.1 Å². The largest absolute Gasteiger partial charge is 0.298 e. The van der Waals surface area contributed by atoms with Gasteiger partial charge in [-0.05, 0) is 22.6 Å². The lowest BCUT2D eigenvalue weighted by atomic mass is 10.1. The molecule has 3 heteroatoms. The zero-order chi connectivity index (χ0) is 11.4. The highest BCUT2D eigenvalue weighted by Gasteiger charge is 2.06. The van der Waals surface area contributed by atoms with E-state index in [0.29, 0.717) is 6.42 Å². The van der Waals surface area contributed by atoms with Crippen LogP contribution >= 0.6 is 22.9 Å². The molecule has 0 aliphatic carbocycles. The molecular formula is C13H11ClOS. The molecule has 0 saturated carbocycles. The minimum absolute atomic E-state index is 0.0723. The van der Waals surface area contributed by atoms with Crippen LogP contribution < -0.4 is 0 Å². The van der Waals surface area contributed by atoms with Crippen LogP contribution in [0.3, 0.4) is 0 Å². The number of rotatable bonds is 4. The third-order valence-electron chi connectivity index (χ3n) is 2.28. The van der Waals surface area contributed by atoms with Crippen LogP contribution in [0.25, 0.3) is 11.1 Å². The van der Waals surface area contributed by atoms with Crippen molar-refractivity contribution in [1.82, 2.24) is 0 Å². The summed E-state index contributed by atoms with van der Waals surface area (Å²) in [5, 5.41) is 2.08. The standard InChI is InChI=1S/C13H11ClOS/c14-8-12(15)7-13-6-11(9-16-13)10-4-2-1-3-5-10/h1-6,9H,7-8H2. The second kappa shape index (κ2) is 5.28. The zero-order valence-electron chi connectivity index (χ0n) is 8.65. The maximum Gasteiger partial charge on any atom is 0.152 e. The van der Waals surface area contributed by atoms with Crippen molar-refractivity contribution in [3.05, 3.63) is 46.7 Å². The summed E-state index contributed by atoms with van der Waals surface area (Å²) in [4.78, 5) is 12.3. The number of thiophene rings is 1. The molecule has 0 radical (unpaired) electrons. The fourth-order valence-corrected chi connectivity index (χ4v) is 2.51. The lowest BCUT2D eigenvalue weighted by molar-refractivity contribution is -0.116. The molecule has 0 atom stereocenters. The van der Waals surface area contributed by atoms with Crippen LogP contribution in [-0.2, 0) is 11.2 Å². The highest BCUT2D eigenvalue weighted by Crippen LogP contribution is 2.25. The van der Waals surface area contributed by atoms with E-state index in [0.717, 1.165) is 4.88 Å². The van der Waals surface area contributed by atoms with E-state index >= 15 is 0 Å². The quantitative estimate of drug-likeness (QED) is 0.755. The first-order valence-electron chi connectivity index (χ1n) is 5.00. The smallest absolute Gasteiger partial charge is 0.152 e. The Labute approximate surface area is 104 Å². The van der Waals surface area contributed by atoms with Gasteiger partial charge in [0.05, 0.1) is 5.88 Å². The number of benzene rings is 1. The van der Waals surface area contributed by atoms with Crippen LogP contribution in [0.4, 0.5) is 0 Å². The highest BCUT2D eigenvalue weighted by molar-refractivity contribution is 7.10. The molecule has 1 aromatic heterocycles. The Morgan fingerprint density at radius 1 is 1.19 bits per heavy atom. The van der Waals surface area contributed by atoms with Crippen molar-refractivity contribution < 1.29 is 4.79 Å². The van der Waals surface area contributed by atoms with Crippen molar-refractivity contribution in [2.45, 2.75) is 6.42 Å². The maximum atomic E-state index is 11.2. The molecule has 0 fully saturated rings. The molecule has 0 bridgehead atoms. The van der Waals surface area contributed by atoms with Gasteiger partial charge in [-0.15, -0.1) is 22.9 Å². The fourth-order valence-electron chi connectivity index (χ4n) is 1.50. The van der Waals surface area contributed by atoms with Gasteiger partial charge < -0.3 is 0 Å². The third kappa shape index (κ3) is 2.71. The summed E-state index contributed by atoms with van der Waals surface area (Å²) in [6, 6.07) is 12.2. The van der Waals surface area contributed by atoms with E-state index in [1.54, 1.807) is 11.3 Å². The van der Waals surface area contributed by atoms with Crippen LogP contribution in [-0.4, -0.2) is 11.7 Å². The second-order valence-corrected chi connectivity index (χ2v) is 4.78. The molecule has 0 amide bonds. The van der Waals surface area contributed by atoms with E-state index in [4.69, 9.17) is 11.6 Å². The Bertz CT molecular complexity index is 476. The third-order valence-corrected chi connectivity index (χ3v) is 3.52. The van der Waals surface area contributed by atoms with Gasteiger partial charge in [-0.25, -0.2) is 0 Å². The Morgan fingerprint density at radius 3 is 2.62 bits per heavy atom. The van der Waals surface area contributed by atoms with Gasteiger partial charge in [0, 0.05) is 11.3 Å². The highest BCUT2D eigenvalue weighted by atomic mass is 35.5. The van der Waals surface area contributed by atoms with Gasteiger partial charge in [0.25, 0.3) is 0 Å². The summed E-state index contributed by atoms with van der Waals surface area (Å²) >= 11 is 7.09. The van der Waals surface area contributed by atoms with Gasteiger partial charge in [-0.1, -0.05) is 30.3 Å². The number of carbonyl (C=O) groups is 1. The van der Waals surface area contributed by atoms with Crippen LogP contribution in [0.1, 0.15) is 4.88 Å². The topological polar surface area (TPSA) is 17.1 Å². The molecule has 82 valence electrons. The maximum absolute atomic E-state index is 11.2. The Hall–Kier alpha value is -1.12. The summed E-state index contributed by atoms with van der Waals surface area (Å²) in [5.41, 5.74) is 2.35. The molecule has 1 heterocycles. The normalized spacial score (nSPS) is 10.3. The molecule has 0 N–H and O–H groups in total. The van der Waals surface area contributed by atoms with Gasteiger partial charge >= 0.3 is 0 Å². The lowest BCUT2D eigenvalue weighted by Gasteiger charge is -1.95. The predicted molar refractivity (Wildman–Crippen MR) is 69.2 cm³/mol. The van der Waals surface area contributed by atoms with E-state index in [-0.39, 0.29) is 11.7 Å².